The second-order valence-electron chi connectivity index (χ2n) is 2.98. The van der Waals surface area contributed by atoms with Crippen molar-refractivity contribution < 1.29 is 9.58 Å². The summed E-state index contributed by atoms with van der Waals surface area (Å²) >= 11 is 0. The van der Waals surface area contributed by atoms with E-state index in [9.17, 15) is 4.79 Å². The van der Waals surface area contributed by atoms with Crippen molar-refractivity contribution in [2.75, 3.05) is 13.1 Å². The van der Waals surface area contributed by atoms with Crippen molar-refractivity contribution in [1.29, 1.82) is 0 Å². The van der Waals surface area contributed by atoms with E-state index in [1.807, 2.05) is 0 Å². The normalized spacial score (nSPS) is 17.8. The van der Waals surface area contributed by atoms with Crippen LogP contribution < -0.4 is 0 Å². The first-order valence-corrected chi connectivity index (χ1v) is 4.31. The van der Waals surface area contributed by atoms with E-state index >= 15 is 0 Å². The van der Waals surface area contributed by atoms with Crippen LogP contribution in [-0.2, 0) is 4.79 Å². The van der Waals surface area contributed by atoms with Crippen molar-refractivity contribution >= 4 is 12.1 Å². The fraction of sp³-hybridized carbons (Fsp3) is 0.750. The molecule has 0 N–H and O–H groups in total. The minimum absolute atomic E-state index is 0.181. The Kier molecular flexibility index (Phi) is 3.48. The first-order chi connectivity index (χ1) is 5.84. The molecule has 0 bridgehead atoms. The van der Waals surface area contributed by atoms with E-state index in [1.54, 1.807) is 4.90 Å². The second-order valence-corrected chi connectivity index (χ2v) is 2.98. The Hall–Kier alpha value is -1.15. The third-order valence-electron chi connectivity index (χ3n) is 2.09. The van der Waals surface area contributed by atoms with Gasteiger partial charge in [0.05, 0.1) is 0 Å². The van der Waals surface area contributed by atoms with Gasteiger partial charge in [0.15, 0.2) is 0 Å². The summed E-state index contributed by atoms with van der Waals surface area (Å²) in [6.45, 7) is 1.59. The fourth-order valence-electron chi connectivity index (χ4n) is 1.42. The average molecular weight is 167 g/mol. The highest BCUT2D eigenvalue weighted by Gasteiger charge is 2.15. The maximum Gasteiger partial charge on any atom is 0.344 e. The number of hydrogen-bond donors (Lipinski definition) is 0. The van der Waals surface area contributed by atoms with E-state index in [4.69, 9.17) is 5.53 Å². The zero-order valence-electron chi connectivity index (χ0n) is 7.07. The lowest BCUT2D eigenvalue weighted by Gasteiger charge is -2.15. The Balaban J connectivity index is 2.48. The summed E-state index contributed by atoms with van der Waals surface area (Å²) in [5.41, 5.74) is 8.16. The molecule has 1 amide bonds. The van der Waals surface area contributed by atoms with Gasteiger partial charge in [0, 0.05) is 13.1 Å². The number of amides is 1. The largest absolute Gasteiger partial charge is 0.361 e. The summed E-state index contributed by atoms with van der Waals surface area (Å²) in [6.07, 6.45) is 5.47. The monoisotopic (exact) mass is 167 g/mol. The van der Waals surface area contributed by atoms with Crippen LogP contribution in [0.25, 0.3) is 5.53 Å². The van der Waals surface area contributed by atoms with Gasteiger partial charge in [-0.1, -0.05) is 12.8 Å². The molecule has 0 atom stereocenters. The Labute approximate surface area is 71.8 Å². The Morgan fingerprint density at radius 2 is 1.83 bits per heavy atom. The van der Waals surface area contributed by atoms with Crippen LogP contribution in [0.1, 0.15) is 25.7 Å². The summed E-state index contributed by atoms with van der Waals surface area (Å²) < 4.78 is 0. The highest BCUT2D eigenvalue weighted by Crippen LogP contribution is 2.08. The lowest BCUT2D eigenvalue weighted by Crippen LogP contribution is -2.32. The van der Waals surface area contributed by atoms with E-state index in [0.29, 0.717) is 0 Å². The summed E-state index contributed by atoms with van der Waals surface area (Å²) in [7, 11) is 0. The van der Waals surface area contributed by atoms with Crippen LogP contribution >= 0.6 is 0 Å². The van der Waals surface area contributed by atoms with Gasteiger partial charge in [-0.15, -0.1) is 0 Å². The van der Waals surface area contributed by atoms with Crippen molar-refractivity contribution in [3.05, 3.63) is 5.53 Å². The van der Waals surface area contributed by atoms with Crippen LogP contribution in [0.2, 0.25) is 0 Å². The van der Waals surface area contributed by atoms with Crippen molar-refractivity contribution in [1.82, 2.24) is 4.90 Å². The van der Waals surface area contributed by atoms with Crippen molar-refractivity contribution in [3.8, 4) is 0 Å². The lowest BCUT2D eigenvalue weighted by molar-refractivity contribution is -0.127. The maximum absolute atomic E-state index is 11.2. The average Bonchev–Trinajstić information content (AvgIpc) is 2.32. The molecule has 0 aromatic rings. The molecule has 1 aliphatic rings. The summed E-state index contributed by atoms with van der Waals surface area (Å²) in [5.74, 6) is -0.181. The molecule has 0 radical (unpaired) electrons. The van der Waals surface area contributed by atoms with Crippen molar-refractivity contribution in [2.24, 2.45) is 0 Å². The van der Waals surface area contributed by atoms with Gasteiger partial charge in [0.2, 0.25) is 0 Å². The number of rotatable bonds is 1. The lowest BCUT2D eigenvalue weighted by atomic mass is 10.2. The van der Waals surface area contributed by atoms with Gasteiger partial charge in [-0.25, -0.2) is 0 Å². The summed E-state index contributed by atoms with van der Waals surface area (Å²) in [4.78, 5) is 15.6. The number of hydrogen-bond acceptors (Lipinski definition) is 1. The van der Waals surface area contributed by atoms with Gasteiger partial charge in [-0.05, 0) is 12.8 Å². The van der Waals surface area contributed by atoms with Gasteiger partial charge in [0.1, 0.15) is 0 Å². The molecule has 0 saturated carbocycles. The van der Waals surface area contributed by atoms with E-state index in [1.165, 1.54) is 12.8 Å². The highest BCUT2D eigenvalue weighted by molar-refractivity contribution is 6.23. The minimum atomic E-state index is -0.181. The van der Waals surface area contributed by atoms with Gasteiger partial charge < -0.3 is 10.4 Å². The fourth-order valence-corrected chi connectivity index (χ4v) is 1.42. The third kappa shape index (κ3) is 2.47. The zero-order chi connectivity index (χ0) is 8.81. The predicted molar refractivity (Wildman–Crippen MR) is 44.7 cm³/mol. The van der Waals surface area contributed by atoms with E-state index in [0.717, 1.165) is 32.1 Å². The molecular weight excluding hydrogens is 154 g/mol. The van der Waals surface area contributed by atoms with Gasteiger partial charge >= 0.3 is 12.1 Å². The highest BCUT2D eigenvalue weighted by atomic mass is 16.2. The van der Waals surface area contributed by atoms with Crippen LogP contribution in [0.4, 0.5) is 0 Å². The number of nitrogens with zero attached hydrogens (tertiary/aromatic N) is 3. The van der Waals surface area contributed by atoms with Crippen molar-refractivity contribution in [3.63, 3.8) is 0 Å². The molecule has 0 aromatic carbocycles. The summed E-state index contributed by atoms with van der Waals surface area (Å²) in [6, 6.07) is 0. The number of carbonyl (C=O) groups is 1. The van der Waals surface area contributed by atoms with E-state index < -0.39 is 0 Å². The molecule has 0 unspecified atom stereocenters. The maximum atomic E-state index is 11.2. The molecule has 1 heterocycles. The first kappa shape index (κ1) is 8.94. The second kappa shape index (κ2) is 4.67. The minimum Gasteiger partial charge on any atom is -0.361 e. The molecule has 1 rings (SSSR count). The summed E-state index contributed by atoms with van der Waals surface area (Å²) in [5, 5.41) is 0. The molecular formula is C8H13N3O. The van der Waals surface area contributed by atoms with Crippen LogP contribution in [0.3, 0.4) is 0 Å². The van der Waals surface area contributed by atoms with Crippen molar-refractivity contribution in [2.45, 2.75) is 25.7 Å². The first-order valence-electron chi connectivity index (χ1n) is 4.31. The SMILES string of the molecule is [N-]=[N+]=CC(=O)N1CCCCCC1. The Morgan fingerprint density at radius 3 is 2.33 bits per heavy atom. The number of likely N-dealkylation sites (tertiary alicyclic amines) is 1. The molecule has 0 aromatic heterocycles. The van der Waals surface area contributed by atoms with Gasteiger partial charge in [-0.3, -0.25) is 4.79 Å². The third-order valence-corrected chi connectivity index (χ3v) is 2.09. The molecule has 66 valence electrons. The molecule has 1 fully saturated rings. The van der Waals surface area contributed by atoms with Crippen LogP contribution in [0.5, 0.6) is 0 Å². The predicted octanol–water partition coefficient (Wildman–Crippen LogP) is 0.690. The van der Waals surface area contributed by atoms with Gasteiger partial charge in [-0.2, -0.15) is 4.79 Å². The Bertz CT molecular complexity index is 200. The molecule has 0 spiro atoms. The van der Waals surface area contributed by atoms with E-state index in [2.05, 4.69) is 4.79 Å². The standard InChI is InChI=1S/C8H13N3O/c9-10-7-8(12)11-5-3-1-2-4-6-11/h7H,1-6H2. The molecule has 1 aliphatic heterocycles. The number of carbonyl (C=O) groups excluding carboxylic acids is 1. The van der Waals surface area contributed by atoms with Crippen LogP contribution in [-0.4, -0.2) is 34.9 Å². The van der Waals surface area contributed by atoms with E-state index in [-0.39, 0.29) is 5.91 Å². The zero-order valence-corrected chi connectivity index (χ0v) is 7.07. The quantitative estimate of drug-likeness (QED) is 0.322. The van der Waals surface area contributed by atoms with Gasteiger partial charge in [0.25, 0.3) is 0 Å². The molecule has 12 heavy (non-hydrogen) atoms. The topological polar surface area (TPSA) is 56.7 Å². The van der Waals surface area contributed by atoms with Crippen LogP contribution in [0, 0.1) is 0 Å². The Morgan fingerprint density at radius 1 is 1.25 bits per heavy atom. The van der Waals surface area contributed by atoms with Crippen LogP contribution in [0.15, 0.2) is 0 Å². The molecule has 4 heteroatoms. The molecule has 1 saturated heterocycles. The molecule has 4 nitrogen and oxygen atoms in total. The smallest absolute Gasteiger partial charge is 0.344 e. The molecule has 0 aliphatic carbocycles.